The Labute approximate surface area is 222 Å². The highest BCUT2D eigenvalue weighted by molar-refractivity contribution is 6.31. The molecule has 0 radical (unpaired) electrons. The number of carbonyl (C=O) groups excluding carboxylic acids is 3. The van der Waals surface area contributed by atoms with Crippen molar-refractivity contribution in [3.05, 3.63) is 89.6 Å². The lowest BCUT2D eigenvalue weighted by Crippen LogP contribution is -2.54. The highest BCUT2D eigenvalue weighted by atomic mass is 16.2. The quantitative estimate of drug-likeness (QED) is 0.220. The molecule has 8 heteroatoms. The summed E-state index contributed by atoms with van der Waals surface area (Å²) in [4.78, 5) is 39.4. The lowest BCUT2D eigenvalue weighted by atomic mass is 9.94. The highest BCUT2D eigenvalue weighted by Crippen LogP contribution is 2.29. The fourth-order valence-electron chi connectivity index (χ4n) is 4.99. The summed E-state index contributed by atoms with van der Waals surface area (Å²) in [6.45, 7) is 7.79. The number of hydrogen-bond acceptors (Lipinski definition) is 7. The van der Waals surface area contributed by atoms with Crippen molar-refractivity contribution in [3.63, 3.8) is 0 Å². The van der Waals surface area contributed by atoms with Crippen LogP contribution in [0, 0.1) is 0 Å². The van der Waals surface area contributed by atoms with Gasteiger partial charge >= 0.3 is 0 Å². The minimum absolute atomic E-state index is 0.0252. The summed E-state index contributed by atoms with van der Waals surface area (Å²) in [6.07, 6.45) is 1.63. The van der Waals surface area contributed by atoms with Crippen molar-refractivity contribution >= 4 is 45.9 Å². The second-order valence-electron chi connectivity index (χ2n) is 9.93. The maximum atomic E-state index is 12.8. The number of anilines is 4. The van der Waals surface area contributed by atoms with E-state index in [1.165, 1.54) is 6.92 Å². The summed E-state index contributed by atoms with van der Waals surface area (Å²) in [5.41, 5.74) is 5.31. The number of carbonyl (C=O) groups is 3. The van der Waals surface area contributed by atoms with Gasteiger partial charge in [-0.25, -0.2) is 0 Å². The first-order valence-electron chi connectivity index (χ1n) is 12.7. The molecular formula is C30H31N5O3. The Balaban J connectivity index is 1.37. The first kappa shape index (κ1) is 25.2. The number of nitrogens with zero attached hydrogens (tertiary/aromatic N) is 1. The van der Waals surface area contributed by atoms with Crippen LogP contribution in [-0.2, 0) is 4.79 Å². The molecule has 3 aromatic carbocycles. The van der Waals surface area contributed by atoms with Gasteiger partial charge in [0.15, 0.2) is 5.78 Å². The molecule has 38 heavy (non-hydrogen) atoms. The van der Waals surface area contributed by atoms with Crippen LogP contribution in [-0.4, -0.2) is 42.8 Å². The van der Waals surface area contributed by atoms with Gasteiger partial charge in [-0.3, -0.25) is 19.7 Å². The van der Waals surface area contributed by atoms with Crippen LogP contribution >= 0.6 is 0 Å². The Morgan fingerprint density at radius 1 is 0.868 bits per heavy atom. The lowest BCUT2D eigenvalue weighted by Gasteiger charge is -2.37. The van der Waals surface area contributed by atoms with E-state index in [0.29, 0.717) is 40.0 Å². The molecule has 2 unspecified atom stereocenters. The molecule has 3 aromatic rings. The molecule has 1 saturated heterocycles. The van der Waals surface area contributed by atoms with Crippen LogP contribution in [0.15, 0.2) is 72.9 Å². The predicted octanol–water partition coefficient (Wildman–Crippen LogP) is 4.54. The minimum Gasteiger partial charge on any atom is -0.368 e. The normalized spacial score (nSPS) is 20.1. The predicted molar refractivity (Wildman–Crippen MR) is 151 cm³/mol. The Bertz CT molecular complexity index is 1420. The van der Waals surface area contributed by atoms with Gasteiger partial charge in [-0.15, -0.1) is 0 Å². The van der Waals surface area contributed by atoms with E-state index >= 15 is 0 Å². The fraction of sp³-hybridized carbons (Fsp3) is 0.233. The number of amides is 2. The number of rotatable bonds is 6. The lowest BCUT2D eigenvalue weighted by molar-refractivity contribution is -0.114. The van der Waals surface area contributed by atoms with E-state index in [2.05, 4.69) is 52.1 Å². The Morgan fingerprint density at radius 2 is 1.55 bits per heavy atom. The second kappa shape index (κ2) is 10.5. The van der Waals surface area contributed by atoms with E-state index in [1.807, 2.05) is 18.2 Å². The maximum absolute atomic E-state index is 12.8. The molecule has 0 aliphatic carbocycles. The molecule has 2 heterocycles. The number of ketones is 1. The molecule has 2 aliphatic rings. The first-order chi connectivity index (χ1) is 18.3. The molecule has 0 spiro atoms. The van der Waals surface area contributed by atoms with Gasteiger partial charge < -0.3 is 20.9 Å². The van der Waals surface area contributed by atoms with Gasteiger partial charge in [0.05, 0.1) is 5.57 Å². The third-order valence-corrected chi connectivity index (χ3v) is 6.76. The van der Waals surface area contributed by atoms with Crippen molar-refractivity contribution in [2.45, 2.75) is 32.9 Å². The van der Waals surface area contributed by atoms with Crippen molar-refractivity contribution in [2.75, 3.05) is 28.6 Å². The number of nitrogens with one attached hydrogen (secondary N) is 4. The van der Waals surface area contributed by atoms with E-state index in [9.17, 15) is 14.4 Å². The van der Waals surface area contributed by atoms with Gasteiger partial charge in [0.25, 0.3) is 11.8 Å². The van der Waals surface area contributed by atoms with Crippen LogP contribution in [0.25, 0.3) is 5.57 Å². The first-order valence-corrected chi connectivity index (χ1v) is 12.7. The van der Waals surface area contributed by atoms with E-state index < -0.39 is 11.8 Å². The molecule has 2 aliphatic heterocycles. The maximum Gasteiger partial charge on any atom is 0.260 e. The highest BCUT2D eigenvalue weighted by Gasteiger charge is 2.27. The van der Waals surface area contributed by atoms with Gasteiger partial charge in [0.1, 0.15) is 0 Å². The zero-order valence-corrected chi connectivity index (χ0v) is 21.7. The topological polar surface area (TPSA) is 103 Å². The van der Waals surface area contributed by atoms with Crippen LogP contribution in [0.1, 0.15) is 47.1 Å². The Kier molecular flexibility index (Phi) is 6.98. The summed E-state index contributed by atoms with van der Waals surface area (Å²) < 4.78 is 0. The van der Waals surface area contributed by atoms with Gasteiger partial charge in [-0.2, -0.15) is 0 Å². The third kappa shape index (κ3) is 5.45. The van der Waals surface area contributed by atoms with Crippen molar-refractivity contribution < 1.29 is 14.4 Å². The SMILES string of the molecule is CC(=O)c1cccc(Nc2ccc3c(c2)/C(=C/Nc2ccc(N4CC(C)NC(C)C4)cc2)C(=O)NC3=O)c1. The molecule has 5 rings (SSSR count). The monoisotopic (exact) mass is 509 g/mol. The van der Waals surface area contributed by atoms with Crippen molar-refractivity contribution in [2.24, 2.45) is 0 Å². The largest absolute Gasteiger partial charge is 0.368 e. The van der Waals surface area contributed by atoms with E-state index in [0.717, 1.165) is 30.2 Å². The van der Waals surface area contributed by atoms with Gasteiger partial charge in [0, 0.05) is 70.8 Å². The van der Waals surface area contributed by atoms with Gasteiger partial charge in [0.2, 0.25) is 0 Å². The van der Waals surface area contributed by atoms with Crippen LogP contribution < -0.4 is 26.2 Å². The van der Waals surface area contributed by atoms with Crippen LogP contribution in [0.3, 0.4) is 0 Å². The summed E-state index contributed by atoms with van der Waals surface area (Å²) in [5.74, 6) is -0.926. The molecule has 194 valence electrons. The number of benzene rings is 3. The fourth-order valence-corrected chi connectivity index (χ4v) is 4.99. The zero-order valence-electron chi connectivity index (χ0n) is 21.7. The number of fused-ring (bicyclic) bond motifs is 1. The molecule has 0 bridgehead atoms. The summed E-state index contributed by atoms with van der Waals surface area (Å²) in [6, 6.07) is 21.4. The molecule has 4 N–H and O–H groups in total. The third-order valence-electron chi connectivity index (χ3n) is 6.76. The second-order valence-corrected chi connectivity index (χ2v) is 9.93. The zero-order chi connectivity index (χ0) is 26.8. The van der Waals surface area contributed by atoms with Crippen molar-refractivity contribution in [1.29, 1.82) is 0 Å². The number of Topliss-reactive ketones (excluding diaryl/α,β-unsaturated/α-hetero) is 1. The molecular weight excluding hydrogens is 478 g/mol. The average molecular weight is 510 g/mol. The Hall–Kier alpha value is -4.43. The number of imide groups is 1. The van der Waals surface area contributed by atoms with Gasteiger partial charge in [-0.1, -0.05) is 12.1 Å². The summed E-state index contributed by atoms with van der Waals surface area (Å²) in [5, 5.41) is 12.4. The number of hydrogen-bond donors (Lipinski definition) is 4. The van der Waals surface area contributed by atoms with E-state index in [4.69, 9.17) is 0 Å². The van der Waals surface area contributed by atoms with Gasteiger partial charge in [-0.05, 0) is 75.4 Å². The summed E-state index contributed by atoms with van der Waals surface area (Å²) in [7, 11) is 0. The minimum atomic E-state index is -0.467. The van der Waals surface area contributed by atoms with Crippen LogP contribution in [0.2, 0.25) is 0 Å². The van der Waals surface area contributed by atoms with Crippen molar-refractivity contribution in [3.8, 4) is 0 Å². The smallest absolute Gasteiger partial charge is 0.260 e. The standard InChI is InChI=1S/C30H31N5O3/c1-18-16-35(17-19(2)32-18)25-10-7-22(8-11-25)31-15-28-27-14-24(9-12-26(27)29(37)34-30(28)38)33-23-6-4-5-21(13-23)20(3)36/h4-15,18-19,31-33H,16-17H2,1-3H3,(H,34,37,38)/b28-15-. The molecule has 0 saturated carbocycles. The number of piperazine rings is 1. The molecule has 2 atom stereocenters. The van der Waals surface area contributed by atoms with Crippen LogP contribution in [0.5, 0.6) is 0 Å². The van der Waals surface area contributed by atoms with Crippen molar-refractivity contribution in [1.82, 2.24) is 10.6 Å². The molecule has 1 fully saturated rings. The van der Waals surface area contributed by atoms with Crippen LogP contribution in [0.4, 0.5) is 22.7 Å². The van der Waals surface area contributed by atoms with E-state index in [-0.39, 0.29) is 5.78 Å². The average Bonchev–Trinajstić information content (AvgIpc) is 2.88. The van der Waals surface area contributed by atoms with E-state index in [1.54, 1.807) is 42.6 Å². The Morgan fingerprint density at radius 3 is 2.26 bits per heavy atom. The summed E-state index contributed by atoms with van der Waals surface area (Å²) >= 11 is 0. The molecule has 8 nitrogen and oxygen atoms in total. The molecule has 0 aromatic heterocycles. The molecule has 2 amide bonds.